The Kier molecular flexibility index (Phi) is 8.17. The first-order valence-corrected chi connectivity index (χ1v) is 6.37. The maximum atomic E-state index is 11.7. The van der Waals surface area contributed by atoms with Gasteiger partial charge in [0.15, 0.2) is 0 Å². The highest BCUT2D eigenvalue weighted by atomic mass is 16.5. The Bertz CT molecular complexity index is 205. The summed E-state index contributed by atoms with van der Waals surface area (Å²) in [6, 6.07) is 0.202. The third-order valence-corrected chi connectivity index (χ3v) is 2.25. The lowest BCUT2D eigenvalue weighted by atomic mass is 10.0. The number of amides is 1. The Labute approximate surface area is 106 Å². The molecule has 0 aliphatic rings. The van der Waals surface area contributed by atoms with Gasteiger partial charge in [-0.2, -0.15) is 0 Å². The molecule has 1 amide bonds. The Morgan fingerprint density at radius 3 is 2.24 bits per heavy atom. The van der Waals surface area contributed by atoms with Crippen LogP contribution in [0.5, 0.6) is 0 Å². The van der Waals surface area contributed by atoms with E-state index in [1.807, 2.05) is 27.9 Å². The molecule has 0 saturated carbocycles. The maximum absolute atomic E-state index is 11.7. The van der Waals surface area contributed by atoms with Gasteiger partial charge in [-0.25, -0.2) is 0 Å². The van der Waals surface area contributed by atoms with Crippen LogP contribution in [0.3, 0.4) is 0 Å². The molecule has 0 aromatic heterocycles. The number of carbonyl (C=O) groups excluding carboxylic acids is 1. The van der Waals surface area contributed by atoms with Crippen molar-refractivity contribution >= 4 is 5.91 Å². The highest BCUT2D eigenvalue weighted by molar-refractivity contribution is 5.77. The smallest absolute Gasteiger partial charge is 0.246 e. The summed E-state index contributed by atoms with van der Waals surface area (Å²) in [6.07, 6.45) is 1.09. The van der Waals surface area contributed by atoms with Crippen molar-refractivity contribution in [3.63, 3.8) is 0 Å². The van der Waals surface area contributed by atoms with Crippen LogP contribution in [0.2, 0.25) is 0 Å². The van der Waals surface area contributed by atoms with Crippen molar-refractivity contribution in [3.05, 3.63) is 0 Å². The van der Waals surface area contributed by atoms with Gasteiger partial charge in [0.2, 0.25) is 5.91 Å². The molecule has 0 bridgehead atoms. The molecule has 0 aromatic carbocycles. The van der Waals surface area contributed by atoms with Crippen LogP contribution in [-0.2, 0) is 9.53 Å². The molecule has 0 fully saturated rings. The van der Waals surface area contributed by atoms with Gasteiger partial charge in [0.25, 0.3) is 0 Å². The van der Waals surface area contributed by atoms with Crippen molar-refractivity contribution in [2.24, 2.45) is 5.92 Å². The van der Waals surface area contributed by atoms with Gasteiger partial charge in [-0.1, -0.05) is 13.8 Å². The van der Waals surface area contributed by atoms with E-state index in [4.69, 9.17) is 4.74 Å². The summed E-state index contributed by atoms with van der Waals surface area (Å²) in [4.78, 5) is 13.8. The predicted octanol–water partition coefficient (Wildman–Crippen LogP) is 1.50. The first kappa shape index (κ1) is 16.4. The maximum Gasteiger partial charge on any atom is 0.246 e. The van der Waals surface area contributed by atoms with Gasteiger partial charge in [0.1, 0.15) is 6.61 Å². The molecule has 4 nitrogen and oxygen atoms in total. The highest BCUT2D eigenvalue weighted by Gasteiger charge is 2.15. The number of carbonyl (C=O) groups is 1. The van der Waals surface area contributed by atoms with Crippen LogP contribution in [-0.4, -0.2) is 50.2 Å². The molecule has 0 radical (unpaired) electrons. The summed E-state index contributed by atoms with van der Waals surface area (Å²) >= 11 is 0. The van der Waals surface area contributed by atoms with Gasteiger partial charge in [-0.15, -0.1) is 0 Å². The minimum Gasteiger partial charge on any atom is -0.369 e. The molecular formula is C13H28N2O2. The van der Waals surface area contributed by atoms with E-state index < -0.39 is 0 Å². The summed E-state index contributed by atoms with van der Waals surface area (Å²) in [5.41, 5.74) is 0. The van der Waals surface area contributed by atoms with E-state index in [-0.39, 0.29) is 24.7 Å². The fraction of sp³-hybridized carbons (Fsp3) is 0.923. The number of ether oxygens (including phenoxy) is 1. The summed E-state index contributed by atoms with van der Waals surface area (Å²) in [6.45, 7) is 9.21. The lowest BCUT2D eigenvalue weighted by molar-refractivity contribution is -0.128. The SMILES string of the molecule is CC(C)CC(CN(C)C)NC(=O)COC(C)C. The Balaban J connectivity index is 4.08. The van der Waals surface area contributed by atoms with E-state index in [0.29, 0.717) is 5.92 Å². The minimum absolute atomic E-state index is 0.0220. The van der Waals surface area contributed by atoms with Crippen molar-refractivity contribution in [1.29, 1.82) is 0 Å². The summed E-state index contributed by atoms with van der Waals surface area (Å²) < 4.78 is 5.29. The van der Waals surface area contributed by atoms with Crippen LogP contribution in [0.15, 0.2) is 0 Å². The van der Waals surface area contributed by atoms with Crippen LogP contribution in [0.1, 0.15) is 34.1 Å². The quantitative estimate of drug-likeness (QED) is 0.703. The third-order valence-electron chi connectivity index (χ3n) is 2.25. The zero-order chi connectivity index (χ0) is 13.4. The first-order valence-electron chi connectivity index (χ1n) is 6.37. The predicted molar refractivity (Wildman–Crippen MR) is 71.0 cm³/mol. The van der Waals surface area contributed by atoms with E-state index in [0.717, 1.165) is 13.0 Å². The molecule has 0 rings (SSSR count). The summed E-state index contributed by atoms with van der Waals surface area (Å²) in [7, 11) is 4.04. The fourth-order valence-electron chi connectivity index (χ4n) is 1.70. The molecule has 0 aliphatic heterocycles. The molecule has 1 unspecified atom stereocenters. The Morgan fingerprint density at radius 1 is 1.24 bits per heavy atom. The third kappa shape index (κ3) is 10.3. The molecule has 17 heavy (non-hydrogen) atoms. The van der Waals surface area contributed by atoms with Crippen molar-refractivity contribution < 1.29 is 9.53 Å². The standard InChI is InChI=1S/C13H28N2O2/c1-10(2)7-12(8-15(5)6)14-13(16)9-17-11(3)4/h10-12H,7-9H2,1-6H3,(H,14,16). The molecule has 102 valence electrons. The monoisotopic (exact) mass is 244 g/mol. The van der Waals surface area contributed by atoms with E-state index >= 15 is 0 Å². The van der Waals surface area contributed by atoms with Crippen molar-refractivity contribution in [3.8, 4) is 0 Å². The van der Waals surface area contributed by atoms with Gasteiger partial charge in [0.05, 0.1) is 6.10 Å². The van der Waals surface area contributed by atoms with E-state index in [1.165, 1.54) is 0 Å². The molecule has 0 saturated heterocycles. The largest absolute Gasteiger partial charge is 0.369 e. The molecule has 0 aromatic rings. The van der Waals surface area contributed by atoms with Crippen LogP contribution in [0.4, 0.5) is 0 Å². The Morgan fingerprint density at radius 2 is 1.82 bits per heavy atom. The second-order valence-electron chi connectivity index (χ2n) is 5.52. The van der Waals surface area contributed by atoms with Crippen LogP contribution >= 0.6 is 0 Å². The number of nitrogens with one attached hydrogen (secondary N) is 1. The molecule has 0 heterocycles. The zero-order valence-corrected chi connectivity index (χ0v) is 12.1. The van der Waals surface area contributed by atoms with Crippen LogP contribution in [0, 0.1) is 5.92 Å². The lowest BCUT2D eigenvalue weighted by Crippen LogP contribution is -2.44. The molecule has 1 atom stereocenters. The number of likely N-dealkylation sites (N-methyl/N-ethyl adjacent to an activating group) is 1. The molecule has 4 heteroatoms. The van der Waals surface area contributed by atoms with Gasteiger partial charge >= 0.3 is 0 Å². The Hall–Kier alpha value is -0.610. The molecule has 0 spiro atoms. The topological polar surface area (TPSA) is 41.6 Å². The average molecular weight is 244 g/mol. The highest BCUT2D eigenvalue weighted by Crippen LogP contribution is 2.05. The van der Waals surface area contributed by atoms with Gasteiger partial charge in [0, 0.05) is 12.6 Å². The zero-order valence-electron chi connectivity index (χ0n) is 12.1. The van der Waals surface area contributed by atoms with Crippen LogP contribution in [0.25, 0.3) is 0 Å². The van der Waals surface area contributed by atoms with Gasteiger partial charge < -0.3 is 15.0 Å². The first-order chi connectivity index (χ1) is 7.81. The second kappa shape index (κ2) is 8.48. The normalized spacial score (nSPS) is 13.5. The molecule has 0 aliphatic carbocycles. The lowest BCUT2D eigenvalue weighted by Gasteiger charge is -2.24. The molecular weight excluding hydrogens is 216 g/mol. The molecule has 1 N–H and O–H groups in total. The van der Waals surface area contributed by atoms with E-state index in [1.54, 1.807) is 0 Å². The fourth-order valence-corrected chi connectivity index (χ4v) is 1.70. The number of rotatable bonds is 8. The van der Waals surface area contributed by atoms with Crippen LogP contribution < -0.4 is 5.32 Å². The summed E-state index contributed by atoms with van der Waals surface area (Å²) in [5, 5.41) is 3.03. The van der Waals surface area contributed by atoms with E-state index in [9.17, 15) is 4.79 Å². The van der Waals surface area contributed by atoms with E-state index in [2.05, 4.69) is 24.1 Å². The van der Waals surface area contributed by atoms with Gasteiger partial charge in [-0.05, 0) is 40.3 Å². The average Bonchev–Trinajstić information content (AvgIpc) is 2.12. The summed E-state index contributed by atoms with van der Waals surface area (Å²) in [5.74, 6) is 0.553. The number of nitrogens with zero attached hydrogens (tertiary/aromatic N) is 1. The van der Waals surface area contributed by atoms with Gasteiger partial charge in [-0.3, -0.25) is 4.79 Å². The number of hydrogen-bond donors (Lipinski definition) is 1. The van der Waals surface area contributed by atoms with Crippen molar-refractivity contribution in [1.82, 2.24) is 10.2 Å². The minimum atomic E-state index is -0.0220. The number of hydrogen-bond acceptors (Lipinski definition) is 3. The van der Waals surface area contributed by atoms with Crippen molar-refractivity contribution in [2.45, 2.75) is 46.3 Å². The van der Waals surface area contributed by atoms with Crippen molar-refractivity contribution in [2.75, 3.05) is 27.2 Å². The second-order valence-corrected chi connectivity index (χ2v) is 5.52.